The minimum absolute atomic E-state index is 0.419. The predicted molar refractivity (Wildman–Crippen MR) is 32.3 cm³/mol. The van der Waals surface area contributed by atoms with Gasteiger partial charge in [-0.2, -0.15) is 4.39 Å². The molecule has 3 heteroatoms. The third-order valence-electron chi connectivity index (χ3n) is 1.84. The first-order chi connectivity index (χ1) is 4.15. The average molecular weight is 131 g/mol. The third kappa shape index (κ3) is 1.10. The van der Waals surface area contributed by atoms with Crippen LogP contribution in [0, 0.1) is 5.41 Å². The van der Waals surface area contributed by atoms with Crippen LogP contribution in [-0.2, 0) is 0 Å². The molecule has 0 heterocycles. The van der Waals surface area contributed by atoms with Crippen LogP contribution < -0.4 is 0 Å². The molecule has 0 spiro atoms. The standard InChI is InChI=1S/C6H10FNO/c7-5(8)6(9)3-1-2-4-6/h8-9H,1-4H2. The first kappa shape index (κ1) is 6.68. The molecule has 1 rings (SSSR count). The maximum Gasteiger partial charge on any atom is 0.213 e. The molecule has 2 nitrogen and oxygen atoms in total. The van der Waals surface area contributed by atoms with E-state index >= 15 is 0 Å². The molecule has 0 atom stereocenters. The number of hydrogen-bond acceptors (Lipinski definition) is 2. The summed E-state index contributed by atoms with van der Waals surface area (Å²) in [4.78, 5) is 0. The van der Waals surface area contributed by atoms with E-state index in [9.17, 15) is 4.39 Å². The zero-order valence-electron chi connectivity index (χ0n) is 5.15. The lowest BCUT2D eigenvalue weighted by Gasteiger charge is -2.16. The van der Waals surface area contributed by atoms with Crippen molar-refractivity contribution in [1.29, 1.82) is 5.41 Å². The molecule has 9 heavy (non-hydrogen) atoms. The molecular weight excluding hydrogens is 121 g/mol. The van der Waals surface area contributed by atoms with Gasteiger partial charge in [0.25, 0.3) is 0 Å². The van der Waals surface area contributed by atoms with E-state index in [1.54, 1.807) is 0 Å². The van der Waals surface area contributed by atoms with Gasteiger partial charge in [0.05, 0.1) is 0 Å². The van der Waals surface area contributed by atoms with E-state index in [4.69, 9.17) is 10.5 Å². The van der Waals surface area contributed by atoms with E-state index in [0.717, 1.165) is 12.8 Å². The molecule has 0 saturated heterocycles. The number of rotatable bonds is 1. The Hall–Kier alpha value is -0.440. The van der Waals surface area contributed by atoms with Gasteiger partial charge >= 0.3 is 0 Å². The average Bonchev–Trinajstić information content (AvgIpc) is 2.16. The molecule has 1 aliphatic carbocycles. The second kappa shape index (κ2) is 2.06. The summed E-state index contributed by atoms with van der Waals surface area (Å²) in [6.07, 6.45) is 2.51. The molecule has 1 fully saturated rings. The van der Waals surface area contributed by atoms with Gasteiger partial charge in [0, 0.05) is 0 Å². The first-order valence-electron chi connectivity index (χ1n) is 3.12. The Morgan fingerprint density at radius 2 is 1.89 bits per heavy atom. The van der Waals surface area contributed by atoms with Crippen LogP contribution in [-0.4, -0.2) is 16.7 Å². The monoisotopic (exact) mass is 131 g/mol. The lowest BCUT2D eigenvalue weighted by Crippen LogP contribution is -2.31. The Labute approximate surface area is 53.2 Å². The Bertz CT molecular complexity index is 129. The van der Waals surface area contributed by atoms with Gasteiger partial charge in [0.2, 0.25) is 5.97 Å². The molecule has 0 aromatic carbocycles. The van der Waals surface area contributed by atoms with Gasteiger partial charge in [-0.1, -0.05) is 0 Å². The Kier molecular flexibility index (Phi) is 1.53. The van der Waals surface area contributed by atoms with E-state index in [0.29, 0.717) is 12.8 Å². The van der Waals surface area contributed by atoms with Crippen LogP contribution in [0.2, 0.25) is 0 Å². The lowest BCUT2D eigenvalue weighted by atomic mass is 10.0. The molecule has 1 aliphatic rings. The topological polar surface area (TPSA) is 44.1 Å². The molecule has 0 unspecified atom stereocenters. The van der Waals surface area contributed by atoms with Gasteiger partial charge in [-0.05, 0) is 25.7 Å². The van der Waals surface area contributed by atoms with Crippen LogP contribution in [0.15, 0.2) is 0 Å². The zero-order chi connectivity index (χ0) is 6.91. The molecule has 0 radical (unpaired) electrons. The molecule has 0 aromatic rings. The summed E-state index contributed by atoms with van der Waals surface area (Å²) in [5.74, 6) is -1.07. The van der Waals surface area contributed by atoms with Gasteiger partial charge in [0.15, 0.2) is 0 Å². The van der Waals surface area contributed by atoms with Crippen LogP contribution in [0.3, 0.4) is 0 Å². The van der Waals surface area contributed by atoms with E-state index in [-0.39, 0.29) is 0 Å². The van der Waals surface area contributed by atoms with E-state index in [1.165, 1.54) is 0 Å². The fraction of sp³-hybridized carbons (Fsp3) is 0.833. The van der Waals surface area contributed by atoms with E-state index in [1.807, 2.05) is 0 Å². The van der Waals surface area contributed by atoms with Gasteiger partial charge < -0.3 is 5.11 Å². The molecule has 0 aliphatic heterocycles. The third-order valence-corrected chi connectivity index (χ3v) is 1.84. The SMILES string of the molecule is N=C(F)C1(O)CCCC1. The van der Waals surface area contributed by atoms with Gasteiger partial charge in [0.1, 0.15) is 5.60 Å². The number of hydrogen-bond donors (Lipinski definition) is 2. The van der Waals surface area contributed by atoms with Crippen LogP contribution >= 0.6 is 0 Å². The summed E-state index contributed by atoms with van der Waals surface area (Å²) in [6.45, 7) is 0. The van der Waals surface area contributed by atoms with Crippen LogP contribution in [0.25, 0.3) is 0 Å². The van der Waals surface area contributed by atoms with Crippen molar-refractivity contribution in [2.45, 2.75) is 31.3 Å². The summed E-state index contributed by atoms with van der Waals surface area (Å²) < 4.78 is 12.1. The summed E-state index contributed by atoms with van der Waals surface area (Å²) in [5.41, 5.74) is -1.39. The van der Waals surface area contributed by atoms with Crippen molar-refractivity contribution in [2.24, 2.45) is 0 Å². The van der Waals surface area contributed by atoms with Crippen LogP contribution in [0.5, 0.6) is 0 Å². The number of halogens is 1. The molecule has 0 aromatic heterocycles. The number of nitrogens with one attached hydrogen (secondary N) is 1. The molecular formula is C6H10FNO. The summed E-state index contributed by atoms with van der Waals surface area (Å²) >= 11 is 0. The second-order valence-electron chi connectivity index (χ2n) is 2.55. The quantitative estimate of drug-likeness (QED) is 0.516. The van der Waals surface area contributed by atoms with E-state index < -0.39 is 11.6 Å². The van der Waals surface area contributed by atoms with Crippen molar-refractivity contribution >= 4 is 5.97 Å². The fourth-order valence-electron chi connectivity index (χ4n) is 1.18. The van der Waals surface area contributed by atoms with Gasteiger partial charge in [-0.3, -0.25) is 5.41 Å². The summed E-state index contributed by atoms with van der Waals surface area (Å²) in [7, 11) is 0. The number of aliphatic hydroxyl groups is 1. The highest BCUT2D eigenvalue weighted by Gasteiger charge is 2.36. The zero-order valence-corrected chi connectivity index (χ0v) is 5.15. The highest BCUT2D eigenvalue weighted by molar-refractivity contribution is 5.81. The highest BCUT2D eigenvalue weighted by Crippen LogP contribution is 2.30. The van der Waals surface area contributed by atoms with Crippen molar-refractivity contribution in [3.8, 4) is 0 Å². The lowest BCUT2D eigenvalue weighted by molar-refractivity contribution is 0.108. The maximum atomic E-state index is 12.1. The van der Waals surface area contributed by atoms with Crippen molar-refractivity contribution in [3.63, 3.8) is 0 Å². The minimum atomic E-state index is -1.39. The Balaban J connectivity index is 2.61. The minimum Gasteiger partial charge on any atom is -0.381 e. The smallest absolute Gasteiger partial charge is 0.213 e. The maximum absolute atomic E-state index is 12.1. The first-order valence-corrected chi connectivity index (χ1v) is 3.12. The van der Waals surface area contributed by atoms with Crippen molar-refractivity contribution in [2.75, 3.05) is 0 Å². The van der Waals surface area contributed by atoms with Crippen molar-refractivity contribution < 1.29 is 9.50 Å². The molecule has 0 bridgehead atoms. The predicted octanol–water partition coefficient (Wildman–Crippen LogP) is 1.24. The molecule has 0 amide bonds. The van der Waals surface area contributed by atoms with Gasteiger partial charge in [-0.15, -0.1) is 0 Å². The summed E-state index contributed by atoms with van der Waals surface area (Å²) in [6, 6.07) is 0. The summed E-state index contributed by atoms with van der Waals surface area (Å²) in [5, 5.41) is 15.7. The molecule has 52 valence electrons. The highest BCUT2D eigenvalue weighted by atomic mass is 19.1. The van der Waals surface area contributed by atoms with E-state index in [2.05, 4.69) is 0 Å². The molecule has 2 N–H and O–H groups in total. The van der Waals surface area contributed by atoms with Gasteiger partial charge in [-0.25, -0.2) is 0 Å². The molecule has 1 saturated carbocycles. The Morgan fingerprint density at radius 3 is 2.11 bits per heavy atom. The van der Waals surface area contributed by atoms with Crippen LogP contribution in [0.4, 0.5) is 4.39 Å². The normalized spacial score (nSPS) is 24.2. The second-order valence-corrected chi connectivity index (χ2v) is 2.55. The van der Waals surface area contributed by atoms with Crippen molar-refractivity contribution in [1.82, 2.24) is 0 Å². The van der Waals surface area contributed by atoms with Crippen molar-refractivity contribution in [3.05, 3.63) is 0 Å². The van der Waals surface area contributed by atoms with Crippen LogP contribution in [0.1, 0.15) is 25.7 Å². The largest absolute Gasteiger partial charge is 0.381 e. The Morgan fingerprint density at radius 1 is 1.44 bits per heavy atom. The fourth-order valence-corrected chi connectivity index (χ4v) is 1.18.